The summed E-state index contributed by atoms with van der Waals surface area (Å²) in [5, 5.41) is 16.6. The fourth-order valence-corrected chi connectivity index (χ4v) is 0.774. The van der Waals surface area contributed by atoms with Crippen LogP contribution in [0.3, 0.4) is 0 Å². The lowest BCUT2D eigenvalue weighted by Crippen LogP contribution is -2.13. The maximum atomic E-state index is 8.29. The Morgan fingerprint density at radius 1 is 0.714 bits per heavy atom. The predicted octanol–water partition coefficient (Wildman–Crippen LogP) is -0.139. The lowest BCUT2D eigenvalue weighted by Gasteiger charge is -2.05. The van der Waals surface area contributed by atoms with Gasteiger partial charge in [0.25, 0.3) is 0 Å². The summed E-state index contributed by atoms with van der Waals surface area (Å²) in [6.45, 7) is 2.57. The first kappa shape index (κ1) is 16.3. The van der Waals surface area contributed by atoms with E-state index in [0.29, 0.717) is 13.2 Å². The first-order chi connectivity index (χ1) is 6.54. The highest BCUT2D eigenvalue weighted by Gasteiger charge is 1.85. The highest BCUT2D eigenvalue weighted by molar-refractivity contribution is 4.39. The zero-order chi connectivity index (χ0) is 11.4. The van der Waals surface area contributed by atoms with E-state index in [1.807, 2.05) is 28.2 Å². The lowest BCUT2D eigenvalue weighted by molar-refractivity contribution is 0.262. The smallest absolute Gasteiger partial charge is 0.0443 e. The summed E-state index contributed by atoms with van der Waals surface area (Å²) in [7, 11) is 7.98. The van der Waals surface area contributed by atoms with E-state index in [1.54, 1.807) is 0 Å². The average Bonchev–Trinajstić information content (AvgIpc) is 2.12. The van der Waals surface area contributed by atoms with Gasteiger partial charge in [0.2, 0.25) is 0 Å². The molecule has 2 N–H and O–H groups in total. The molecule has 0 radical (unpaired) electrons. The molecule has 0 saturated carbocycles. The fraction of sp³-hybridized carbons (Fsp3) is 1.00. The largest absolute Gasteiger partial charge is 0.396 e. The second-order valence-corrected chi connectivity index (χ2v) is 3.76. The standard InChI is InChI=1S/2C5H13NO/c2*1-6(2)4-3-5-7/h2*7H,3-5H2,1-2H3. The van der Waals surface area contributed by atoms with Gasteiger partial charge in [0, 0.05) is 13.2 Å². The van der Waals surface area contributed by atoms with E-state index in [4.69, 9.17) is 10.2 Å². The van der Waals surface area contributed by atoms with Gasteiger partial charge < -0.3 is 20.0 Å². The Bertz CT molecular complexity index is 86.1. The normalized spacial score (nSPS) is 10.3. The molecule has 0 bridgehead atoms. The molecule has 4 heteroatoms. The monoisotopic (exact) mass is 206 g/mol. The molecule has 0 aromatic heterocycles. The summed E-state index contributed by atoms with van der Waals surface area (Å²) >= 11 is 0. The van der Waals surface area contributed by atoms with Crippen LogP contribution >= 0.6 is 0 Å². The minimum atomic E-state index is 0.304. The number of aliphatic hydroxyl groups is 2. The minimum Gasteiger partial charge on any atom is -0.396 e. The molecule has 0 fully saturated rings. The maximum absolute atomic E-state index is 8.29. The van der Waals surface area contributed by atoms with Crippen molar-refractivity contribution in [2.24, 2.45) is 0 Å². The minimum absolute atomic E-state index is 0.304. The van der Waals surface area contributed by atoms with Gasteiger partial charge in [-0.15, -0.1) is 0 Å². The molecule has 0 unspecified atom stereocenters. The zero-order valence-corrected chi connectivity index (χ0v) is 10.0. The Labute approximate surface area is 88.1 Å². The van der Waals surface area contributed by atoms with Crippen LogP contribution in [-0.2, 0) is 0 Å². The molecular weight excluding hydrogens is 180 g/mol. The molecule has 0 aliphatic rings. The SMILES string of the molecule is CN(C)CCCO.CN(C)CCCO. The second kappa shape index (κ2) is 12.8. The number of hydrogen-bond acceptors (Lipinski definition) is 4. The quantitative estimate of drug-likeness (QED) is 0.635. The van der Waals surface area contributed by atoms with Crippen molar-refractivity contribution in [1.29, 1.82) is 0 Å². The molecule has 0 aliphatic carbocycles. The van der Waals surface area contributed by atoms with E-state index >= 15 is 0 Å². The van der Waals surface area contributed by atoms with Crippen molar-refractivity contribution in [1.82, 2.24) is 9.80 Å². The number of aliphatic hydroxyl groups excluding tert-OH is 2. The molecule has 4 nitrogen and oxygen atoms in total. The predicted molar refractivity (Wildman–Crippen MR) is 60.5 cm³/mol. The van der Waals surface area contributed by atoms with Crippen molar-refractivity contribution in [2.75, 3.05) is 54.5 Å². The van der Waals surface area contributed by atoms with E-state index in [2.05, 4.69) is 9.80 Å². The van der Waals surface area contributed by atoms with Crippen LogP contribution in [0.4, 0.5) is 0 Å². The molecule has 88 valence electrons. The van der Waals surface area contributed by atoms with Gasteiger partial charge >= 0.3 is 0 Å². The van der Waals surface area contributed by atoms with Crippen LogP contribution < -0.4 is 0 Å². The van der Waals surface area contributed by atoms with Gasteiger partial charge in [0.15, 0.2) is 0 Å². The van der Waals surface area contributed by atoms with Crippen LogP contribution in [0.15, 0.2) is 0 Å². The topological polar surface area (TPSA) is 46.9 Å². The van der Waals surface area contributed by atoms with Crippen molar-refractivity contribution >= 4 is 0 Å². The zero-order valence-electron chi connectivity index (χ0n) is 10.0. The third kappa shape index (κ3) is 22.6. The molecule has 0 aromatic carbocycles. The van der Waals surface area contributed by atoms with E-state index in [1.165, 1.54) is 0 Å². The van der Waals surface area contributed by atoms with Crippen LogP contribution in [-0.4, -0.2) is 74.5 Å². The van der Waals surface area contributed by atoms with Crippen molar-refractivity contribution in [2.45, 2.75) is 12.8 Å². The summed E-state index contributed by atoms with van der Waals surface area (Å²) in [5.74, 6) is 0. The van der Waals surface area contributed by atoms with Gasteiger partial charge in [-0.2, -0.15) is 0 Å². The summed E-state index contributed by atoms with van der Waals surface area (Å²) in [5.41, 5.74) is 0. The molecule has 0 rings (SSSR count). The van der Waals surface area contributed by atoms with Gasteiger partial charge in [0.05, 0.1) is 0 Å². The van der Waals surface area contributed by atoms with Gasteiger partial charge in [-0.05, 0) is 54.1 Å². The van der Waals surface area contributed by atoms with Crippen molar-refractivity contribution in [3.05, 3.63) is 0 Å². The Balaban J connectivity index is 0. The Hall–Kier alpha value is -0.160. The van der Waals surface area contributed by atoms with Crippen molar-refractivity contribution < 1.29 is 10.2 Å². The molecule has 0 amide bonds. The Morgan fingerprint density at radius 3 is 1.07 bits per heavy atom. The average molecular weight is 206 g/mol. The summed E-state index contributed by atoms with van der Waals surface area (Å²) in [6, 6.07) is 0. The van der Waals surface area contributed by atoms with E-state index in [9.17, 15) is 0 Å². The third-order valence-corrected chi connectivity index (χ3v) is 1.53. The Kier molecular flexibility index (Phi) is 14.9. The van der Waals surface area contributed by atoms with Crippen molar-refractivity contribution in [3.63, 3.8) is 0 Å². The number of hydrogen-bond donors (Lipinski definition) is 2. The van der Waals surface area contributed by atoms with Crippen LogP contribution in [0.2, 0.25) is 0 Å². The van der Waals surface area contributed by atoms with Gasteiger partial charge in [0.1, 0.15) is 0 Å². The maximum Gasteiger partial charge on any atom is 0.0443 e. The molecule has 0 saturated heterocycles. The molecule has 14 heavy (non-hydrogen) atoms. The van der Waals surface area contributed by atoms with Crippen LogP contribution in [0, 0.1) is 0 Å². The Morgan fingerprint density at radius 2 is 1.00 bits per heavy atom. The van der Waals surface area contributed by atoms with Gasteiger partial charge in [-0.3, -0.25) is 0 Å². The number of nitrogens with zero attached hydrogens (tertiary/aromatic N) is 2. The summed E-state index contributed by atoms with van der Waals surface area (Å²) < 4.78 is 0. The highest BCUT2D eigenvalue weighted by Crippen LogP contribution is 1.78. The van der Waals surface area contributed by atoms with E-state index in [0.717, 1.165) is 25.9 Å². The van der Waals surface area contributed by atoms with Gasteiger partial charge in [-0.1, -0.05) is 0 Å². The molecule has 0 spiro atoms. The molecule has 0 aliphatic heterocycles. The number of rotatable bonds is 6. The summed E-state index contributed by atoms with van der Waals surface area (Å²) in [6.07, 6.45) is 1.76. The highest BCUT2D eigenvalue weighted by atomic mass is 16.3. The van der Waals surface area contributed by atoms with Gasteiger partial charge in [-0.25, -0.2) is 0 Å². The lowest BCUT2D eigenvalue weighted by atomic mass is 10.4. The van der Waals surface area contributed by atoms with E-state index < -0.39 is 0 Å². The molecule has 0 atom stereocenters. The first-order valence-electron chi connectivity index (χ1n) is 5.05. The first-order valence-corrected chi connectivity index (χ1v) is 5.05. The van der Waals surface area contributed by atoms with Crippen LogP contribution in [0.25, 0.3) is 0 Å². The van der Waals surface area contributed by atoms with Crippen LogP contribution in [0.5, 0.6) is 0 Å². The fourth-order valence-electron chi connectivity index (χ4n) is 0.774. The molecule has 0 heterocycles. The van der Waals surface area contributed by atoms with E-state index in [-0.39, 0.29) is 0 Å². The third-order valence-electron chi connectivity index (χ3n) is 1.53. The second-order valence-electron chi connectivity index (χ2n) is 3.76. The van der Waals surface area contributed by atoms with Crippen LogP contribution in [0.1, 0.15) is 12.8 Å². The summed E-state index contributed by atoms with van der Waals surface area (Å²) in [4.78, 5) is 4.10. The molecule has 0 aromatic rings. The molecular formula is C10H26N2O2. The van der Waals surface area contributed by atoms with Crippen molar-refractivity contribution in [3.8, 4) is 0 Å².